The summed E-state index contributed by atoms with van der Waals surface area (Å²) < 4.78 is 11.3. The van der Waals surface area contributed by atoms with Crippen LogP contribution >= 0.6 is 15.9 Å². The molecule has 1 aliphatic carbocycles. The summed E-state index contributed by atoms with van der Waals surface area (Å²) in [4.78, 5) is 12.4. The van der Waals surface area contributed by atoms with Gasteiger partial charge in [-0.2, -0.15) is 0 Å². The predicted octanol–water partition coefficient (Wildman–Crippen LogP) is 3.77. The van der Waals surface area contributed by atoms with Crippen LogP contribution in [-0.2, 0) is 0 Å². The van der Waals surface area contributed by atoms with E-state index in [1.165, 1.54) is 0 Å². The fourth-order valence-corrected chi connectivity index (χ4v) is 3.38. The molecule has 0 bridgehead atoms. The molecule has 21 heavy (non-hydrogen) atoms. The van der Waals surface area contributed by atoms with Gasteiger partial charge < -0.3 is 14.8 Å². The lowest BCUT2D eigenvalue weighted by molar-refractivity contribution is 0.0935. The lowest BCUT2D eigenvalue weighted by atomic mass is 9.92. The van der Waals surface area contributed by atoms with Gasteiger partial charge in [0.25, 0.3) is 5.91 Å². The largest absolute Gasteiger partial charge is 0.495 e. The first kappa shape index (κ1) is 16.1. The number of hydrogen-bond acceptors (Lipinski definition) is 3. The number of halogens is 1. The van der Waals surface area contributed by atoms with Crippen molar-refractivity contribution >= 4 is 21.8 Å². The normalized spacial score (nSPS) is 20.1. The van der Waals surface area contributed by atoms with Gasteiger partial charge in [0.05, 0.1) is 14.2 Å². The smallest absolute Gasteiger partial charge is 0.251 e. The molecule has 1 aromatic carbocycles. The van der Waals surface area contributed by atoms with Crippen LogP contribution in [0.3, 0.4) is 0 Å². The van der Waals surface area contributed by atoms with Gasteiger partial charge in [-0.1, -0.05) is 13.8 Å². The summed E-state index contributed by atoms with van der Waals surface area (Å²) >= 11 is 3.41. The molecule has 0 aromatic heterocycles. The minimum Gasteiger partial charge on any atom is -0.495 e. The van der Waals surface area contributed by atoms with Crippen LogP contribution in [0.2, 0.25) is 0 Å². The van der Waals surface area contributed by atoms with Crippen molar-refractivity contribution in [3.05, 3.63) is 22.2 Å². The van der Waals surface area contributed by atoms with E-state index in [1.807, 2.05) is 0 Å². The Bertz CT molecular complexity index is 517. The number of methoxy groups -OCH3 is 2. The van der Waals surface area contributed by atoms with Crippen molar-refractivity contribution in [2.75, 3.05) is 14.2 Å². The zero-order chi connectivity index (χ0) is 15.6. The number of benzene rings is 1. The number of rotatable bonds is 4. The Kier molecular flexibility index (Phi) is 4.81. The van der Waals surface area contributed by atoms with Crippen LogP contribution in [0, 0.1) is 5.41 Å². The summed E-state index contributed by atoms with van der Waals surface area (Å²) in [6.07, 6.45) is 3.19. The summed E-state index contributed by atoms with van der Waals surface area (Å²) in [5.41, 5.74) is 0.865. The molecule has 1 aromatic rings. The first-order valence-corrected chi connectivity index (χ1v) is 7.88. The molecule has 1 saturated carbocycles. The second-order valence-electron chi connectivity index (χ2n) is 6.27. The molecule has 2 rings (SSSR count). The van der Waals surface area contributed by atoms with Crippen LogP contribution in [0.15, 0.2) is 16.6 Å². The quantitative estimate of drug-likeness (QED) is 0.893. The van der Waals surface area contributed by atoms with Crippen molar-refractivity contribution in [3.8, 4) is 11.5 Å². The number of amides is 1. The minimum absolute atomic E-state index is 0.0817. The first-order valence-electron chi connectivity index (χ1n) is 7.08. The van der Waals surface area contributed by atoms with Gasteiger partial charge in [0, 0.05) is 11.6 Å². The zero-order valence-electron chi connectivity index (χ0n) is 13.0. The second-order valence-corrected chi connectivity index (χ2v) is 7.07. The summed E-state index contributed by atoms with van der Waals surface area (Å²) in [6.45, 7) is 4.48. The van der Waals surface area contributed by atoms with Crippen LogP contribution in [0.4, 0.5) is 0 Å². The van der Waals surface area contributed by atoms with Gasteiger partial charge in [-0.15, -0.1) is 0 Å². The molecule has 1 amide bonds. The molecule has 4 nitrogen and oxygen atoms in total. The van der Waals surface area contributed by atoms with E-state index in [0.717, 1.165) is 19.3 Å². The molecule has 1 N–H and O–H groups in total. The van der Waals surface area contributed by atoms with E-state index in [-0.39, 0.29) is 11.9 Å². The molecular formula is C16H22BrNO3. The van der Waals surface area contributed by atoms with Crippen LogP contribution < -0.4 is 14.8 Å². The Balaban J connectivity index is 2.16. The van der Waals surface area contributed by atoms with Gasteiger partial charge in [-0.05, 0) is 52.7 Å². The third kappa shape index (κ3) is 3.70. The molecule has 1 fully saturated rings. The van der Waals surface area contributed by atoms with Gasteiger partial charge >= 0.3 is 0 Å². The van der Waals surface area contributed by atoms with Crippen molar-refractivity contribution in [2.24, 2.45) is 5.41 Å². The Hall–Kier alpha value is -1.23. The van der Waals surface area contributed by atoms with Crippen LogP contribution in [0.25, 0.3) is 0 Å². The lowest BCUT2D eigenvalue weighted by Crippen LogP contribution is -2.33. The maximum atomic E-state index is 12.4. The molecular weight excluding hydrogens is 334 g/mol. The van der Waals surface area contributed by atoms with Gasteiger partial charge in [0.15, 0.2) is 0 Å². The van der Waals surface area contributed by atoms with E-state index in [0.29, 0.717) is 27.0 Å². The summed E-state index contributed by atoms with van der Waals surface area (Å²) in [5, 5.41) is 3.11. The summed E-state index contributed by atoms with van der Waals surface area (Å²) in [6, 6.07) is 3.69. The molecule has 1 aliphatic rings. The van der Waals surface area contributed by atoms with Crippen LogP contribution in [-0.4, -0.2) is 26.2 Å². The highest BCUT2D eigenvalue weighted by Gasteiger charge is 2.32. The van der Waals surface area contributed by atoms with Gasteiger partial charge in [0.2, 0.25) is 0 Å². The number of hydrogen-bond donors (Lipinski definition) is 1. The van der Waals surface area contributed by atoms with Crippen molar-refractivity contribution in [1.29, 1.82) is 0 Å². The Morgan fingerprint density at radius 1 is 1.29 bits per heavy atom. The molecule has 0 aliphatic heterocycles. The summed E-state index contributed by atoms with van der Waals surface area (Å²) in [7, 11) is 3.14. The highest BCUT2D eigenvalue weighted by molar-refractivity contribution is 9.10. The van der Waals surface area contributed by atoms with Gasteiger partial charge in [-0.25, -0.2) is 0 Å². The van der Waals surface area contributed by atoms with E-state index in [1.54, 1.807) is 26.4 Å². The van der Waals surface area contributed by atoms with E-state index >= 15 is 0 Å². The van der Waals surface area contributed by atoms with E-state index in [9.17, 15) is 4.79 Å². The maximum Gasteiger partial charge on any atom is 0.251 e. The molecule has 1 unspecified atom stereocenters. The van der Waals surface area contributed by atoms with E-state index in [4.69, 9.17) is 9.47 Å². The molecule has 0 saturated heterocycles. The predicted molar refractivity (Wildman–Crippen MR) is 86.1 cm³/mol. The average molecular weight is 356 g/mol. The molecule has 0 radical (unpaired) electrons. The zero-order valence-corrected chi connectivity index (χ0v) is 14.5. The molecule has 116 valence electrons. The third-order valence-electron chi connectivity index (χ3n) is 4.01. The average Bonchev–Trinajstić information content (AvgIpc) is 2.78. The number of carbonyl (C=O) groups is 1. The number of carbonyl (C=O) groups excluding carboxylic acids is 1. The topological polar surface area (TPSA) is 47.6 Å². The lowest BCUT2D eigenvalue weighted by Gasteiger charge is -2.18. The van der Waals surface area contributed by atoms with Crippen molar-refractivity contribution < 1.29 is 14.3 Å². The Morgan fingerprint density at radius 3 is 2.29 bits per heavy atom. The van der Waals surface area contributed by atoms with Gasteiger partial charge in [0.1, 0.15) is 16.0 Å². The standard InChI is InChI=1S/C16H22BrNO3/c1-16(2)6-5-11(9-16)18-15(19)10-7-12(20-3)14(17)13(8-10)21-4/h7-8,11H,5-6,9H2,1-4H3,(H,18,19). The van der Waals surface area contributed by atoms with Crippen LogP contribution in [0.5, 0.6) is 11.5 Å². The number of nitrogens with one attached hydrogen (secondary N) is 1. The van der Waals surface area contributed by atoms with Crippen molar-refractivity contribution in [2.45, 2.75) is 39.2 Å². The minimum atomic E-state index is -0.0817. The number of ether oxygens (including phenoxy) is 2. The molecule has 5 heteroatoms. The SMILES string of the molecule is COc1cc(C(=O)NC2CCC(C)(C)C2)cc(OC)c1Br. The maximum absolute atomic E-state index is 12.4. The monoisotopic (exact) mass is 355 g/mol. The van der Waals surface area contributed by atoms with E-state index in [2.05, 4.69) is 35.1 Å². The van der Waals surface area contributed by atoms with E-state index < -0.39 is 0 Å². The Morgan fingerprint density at radius 2 is 1.86 bits per heavy atom. The first-order chi connectivity index (χ1) is 9.86. The Labute approximate surface area is 134 Å². The fraction of sp³-hybridized carbons (Fsp3) is 0.562. The fourth-order valence-electron chi connectivity index (χ4n) is 2.83. The second kappa shape index (κ2) is 6.26. The highest BCUT2D eigenvalue weighted by Crippen LogP contribution is 2.38. The highest BCUT2D eigenvalue weighted by atomic mass is 79.9. The molecule has 0 heterocycles. The van der Waals surface area contributed by atoms with Crippen LogP contribution in [0.1, 0.15) is 43.5 Å². The van der Waals surface area contributed by atoms with Crippen molar-refractivity contribution in [3.63, 3.8) is 0 Å². The molecule has 1 atom stereocenters. The third-order valence-corrected chi connectivity index (χ3v) is 4.79. The molecule has 0 spiro atoms. The summed E-state index contributed by atoms with van der Waals surface area (Å²) in [5.74, 6) is 1.10. The van der Waals surface area contributed by atoms with Crippen molar-refractivity contribution in [1.82, 2.24) is 5.32 Å². The van der Waals surface area contributed by atoms with Gasteiger partial charge in [-0.3, -0.25) is 4.79 Å².